The topological polar surface area (TPSA) is 71.2 Å². The molecule has 1 heterocycles. The van der Waals surface area contributed by atoms with Gasteiger partial charge in [0.2, 0.25) is 5.56 Å². The summed E-state index contributed by atoms with van der Waals surface area (Å²) < 4.78 is 5.91. The van der Waals surface area contributed by atoms with E-state index in [1.807, 2.05) is 18.2 Å². The van der Waals surface area contributed by atoms with Crippen molar-refractivity contribution in [2.75, 3.05) is 13.2 Å². The van der Waals surface area contributed by atoms with Crippen molar-refractivity contribution < 1.29 is 9.53 Å². The molecule has 5 nitrogen and oxygen atoms in total. The summed E-state index contributed by atoms with van der Waals surface area (Å²) in [7, 11) is 0. The number of para-hydroxylation sites is 1. The van der Waals surface area contributed by atoms with Crippen LogP contribution >= 0.6 is 0 Å². The van der Waals surface area contributed by atoms with E-state index in [0.29, 0.717) is 36.3 Å². The number of aromatic nitrogens is 1. The maximum Gasteiger partial charge on any atom is 0.252 e. The molecule has 2 aromatic rings. The van der Waals surface area contributed by atoms with Gasteiger partial charge in [0.25, 0.3) is 5.91 Å². The largest absolute Gasteiger partial charge is 0.376 e. The zero-order valence-corrected chi connectivity index (χ0v) is 14.0. The summed E-state index contributed by atoms with van der Waals surface area (Å²) in [6.45, 7) is 3.18. The number of nitrogens with one attached hydrogen (secondary N) is 2. The monoisotopic (exact) mass is 328 g/mol. The van der Waals surface area contributed by atoms with Gasteiger partial charge < -0.3 is 15.0 Å². The van der Waals surface area contributed by atoms with Crippen molar-refractivity contribution in [3.63, 3.8) is 0 Å². The van der Waals surface area contributed by atoms with Crippen LogP contribution in [0.5, 0.6) is 0 Å². The Morgan fingerprint density at radius 2 is 2.08 bits per heavy atom. The van der Waals surface area contributed by atoms with Crippen molar-refractivity contribution in [1.29, 1.82) is 0 Å². The molecule has 0 radical (unpaired) electrons. The van der Waals surface area contributed by atoms with Crippen molar-refractivity contribution in [1.82, 2.24) is 10.3 Å². The smallest absolute Gasteiger partial charge is 0.252 e. The molecule has 1 aliphatic carbocycles. The van der Waals surface area contributed by atoms with Crippen LogP contribution in [0.3, 0.4) is 0 Å². The molecule has 0 saturated heterocycles. The first-order valence-corrected chi connectivity index (χ1v) is 8.67. The maximum absolute atomic E-state index is 12.4. The Hall–Kier alpha value is -2.14. The molecule has 0 bridgehead atoms. The van der Waals surface area contributed by atoms with Crippen LogP contribution in [0.25, 0.3) is 10.9 Å². The standard InChI is InChI=1S/C19H24N2O3/c1-13-6-2-5-9-17(13)24-11-10-20-19(23)15-12-18(22)21-16-8-4-3-7-14(15)16/h3-4,7-8,12-13,17H,2,5-6,9-11H2,1H3,(H,20,23)(H,21,22)/t13-,17+/m1/s1. The highest BCUT2D eigenvalue weighted by Gasteiger charge is 2.21. The van der Waals surface area contributed by atoms with E-state index < -0.39 is 0 Å². The number of pyridine rings is 1. The van der Waals surface area contributed by atoms with Crippen molar-refractivity contribution in [3.05, 3.63) is 46.2 Å². The SMILES string of the molecule is C[C@@H]1CCCC[C@@H]1OCCNC(=O)c1cc(=O)[nH]c2ccccc12. The van der Waals surface area contributed by atoms with Gasteiger partial charge in [-0.15, -0.1) is 0 Å². The lowest BCUT2D eigenvalue weighted by Crippen LogP contribution is -2.32. The molecule has 0 unspecified atom stereocenters. The van der Waals surface area contributed by atoms with Crippen LogP contribution in [0.4, 0.5) is 0 Å². The number of hydrogen-bond donors (Lipinski definition) is 2. The molecule has 5 heteroatoms. The second kappa shape index (κ2) is 7.62. The van der Waals surface area contributed by atoms with Crippen LogP contribution in [-0.2, 0) is 4.74 Å². The lowest BCUT2D eigenvalue weighted by molar-refractivity contribution is -0.00293. The molecule has 1 saturated carbocycles. The van der Waals surface area contributed by atoms with Gasteiger partial charge in [-0.2, -0.15) is 0 Å². The lowest BCUT2D eigenvalue weighted by atomic mass is 9.88. The zero-order chi connectivity index (χ0) is 16.9. The molecule has 3 rings (SSSR count). The van der Waals surface area contributed by atoms with Gasteiger partial charge in [-0.3, -0.25) is 9.59 Å². The zero-order valence-electron chi connectivity index (χ0n) is 14.0. The van der Waals surface area contributed by atoms with E-state index in [4.69, 9.17) is 4.74 Å². The van der Waals surface area contributed by atoms with E-state index in [1.165, 1.54) is 25.3 Å². The first-order valence-electron chi connectivity index (χ1n) is 8.67. The van der Waals surface area contributed by atoms with Crippen LogP contribution < -0.4 is 10.9 Å². The van der Waals surface area contributed by atoms with Gasteiger partial charge in [0.05, 0.1) is 18.3 Å². The first-order chi connectivity index (χ1) is 11.6. The summed E-state index contributed by atoms with van der Waals surface area (Å²) >= 11 is 0. The molecule has 2 N–H and O–H groups in total. The summed E-state index contributed by atoms with van der Waals surface area (Å²) in [6, 6.07) is 8.66. The van der Waals surface area contributed by atoms with Gasteiger partial charge >= 0.3 is 0 Å². The summed E-state index contributed by atoms with van der Waals surface area (Å²) in [6.07, 6.45) is 5.13. The lowest BCUT2D eigenvalue weighted by Gasteiger charge is -2.28. The number of rotatable bonds is 5. The number of benzene rings is 1. The Kier molecular flexibility index (Phi) is 5.30. The number of carbonyl (C=O) groups excluding carboxylic acids is 1. The third kappa shape index (κ3) is 3.85. The quantitative estimate of drug-likeness (QED) is 0.829. The Balaban J connectivity index is 1.58. The fourth-order valence-corrected chi connectivity index (χ4v) is 3.39. The van der Waals surface area contributed by atoms with Crippen LogP contribution in [0.15, 0.2) is 35.1 Å². The third-order valence-corrected chi connectivity index (χ3v) is 4.75. The molecular weight excluding hydrogens is 304 g/mol. The summed E-state index contributed by atoms with van der Waals surface area (Å²) in [5.74, 6) is 0.351. The fraction of sp³-hybridized carbons (Fsp3) is 0.474. The molecular formula is C19H24N2O3. The minimum Gasteiger partial charge on any atom is -0.376 e. The van der Waals surface area contributed by atoms with Crippen molar-refractivity contribution >= 4 is 16.8 Å². The van der Waals surface area contributed by atoms with Gasteiger partial charge in [0.1, 0.15) is 0 Å². The highest BCUT2D eigenvalue weighted by atomic mass is 16.5. The molecule has 24 heavy (non-hydrogen) atoms. The number of amides is 1. The van der Waals surface area contributed by atoms with Gasteiger partial charge in [0, 0.05) is 23.5 Å². The predicted octanol–water partition coefficient (Wildman–Crippen LogP) is 2.85. The number of H-pyrrole nitrogens is 1. The number of ether oxygens (including phenoxy) is 1. The average Bonchev–Trinajstić information content (AvgIpc) is 2.59. The van der Waals surface area contributed by atoms with Crippen molar-refractivity contribution in [2.24, 2.45) is 5.92 Å². The second-order valence-corrected chi connectivity index (χ2v) is 6.52. The number of aromatic amines is 1. The van der Waals surface area contributed by atoms with Crippen LogP contribution in [0.1, 0.15) is 43.0 Å². The molecule has 0 aliphatic heterocycles. The van der Waals surface area contributed by atoms with E-state index in [2.05, 4.69) is 17.2 Å². The molecule has 1 aromatic heterocycles. The Labute approximate surface area is 141 Å². The molecule has 1 amide bonds. The molecule has 0 spiro atoms. The minimum absolute atomic E-state index is 0.238. The van der Waals surface area contributed by atoms with E-state index in [0.717, 1.165) is 11.8 Å². The highest BCUT2D eigenvalue weighted by molar-refractivity contribution is 6.05. The summed E-state index contributed by atoms with van der Waals surface area (Å²) in [5, 5.41) is 3.60. The maximum atomic E-state index is 12.4. The third-order valence-electron chi connectivity index (χ3n) is 4.75. The molecule has 1 aromatic carbocycles. The fourth-order valence-electron chi connectivity index (χ4n) is 3.39. The molecule has 2 atom stereocenters. The Morgan fingerprint density at radius 1 is 1.29 bits per heavy atom. The van der Waals surface area contributed by atoms with Gasteiger partial charge in [0.15, 0.2) is 0 Å². The van der Waals surface area contributed by atoms with Gasteiger partial charge in [-0.05, 0) is 24.8 Å². The normalized spacial score (nSPS) is 20.9. The minimum atomic E-state index is -0.272. The van der Waals surface area contributed by atoms with Crippen LogP contribution in [-0.4, -0.2) is 30.1 Å². The van der Waals surface area contributed by atoms with E-state index >= 15 is 0 Å². The molecule has 128 valence electrons. The highest BCUT2D eigenvalue weighted by Crippen LogP contribution is 2.26. The molecule has 1 fully saturated rings. The van der Waals surface area contributed by atoms with E-state index in [9.17, 15) is 9.59 Å². The van der Waals surface area contributed by atoms with Crippen molar-refractivity contribution in [2.45, 2.75) is 38.7 Å². The Bertz CT molecular complexity index is 769. The van der Waals surface area contributed by atoms with E-state index in [1.54, 1.807) is 6.07 Å². The number of fused-ring (bicyclic) bond motifs is 1. The molecule has 1 aliphatic rings. The number of hydrogen-bond acceptors (Lipinski definition) is 3. The van der Waals surface area contributed by atoms with E-state index in [-0.39, 0.29) is 11.5 Å². The predicted molar refractivity (Wildman–Crippen MR) is 94.3 cm³/mol. The Morgan fingerprint density at radius 3 is 2.92 bits per heavy atom. The number of carbonyl (C=O) groups is 1. The van der Waals surface area contributed by atoms with Gasteiger partial charge in [-0.25, -0.2) is 0 Å². The van der Waals surface area contributed by atoms with Crippen LogP contribution in [0, 0.1) is 5.92 Å². The van der Waals surface area contributed by atoms with Gasteiger partial charge in [-0.1, -0.05) is 38.0 Å². The van der Waals surface area contributed by atoms with Crippen molar-refractivity contribution in [3.8, 4) is 0 Å². The average molecular weight is 328 g/mol. The summed E-state index contributed by atoms with van der Waals surface area (Å²) in [4.78, 5) is 26.9. The van der Waals surface area contributed by atoms with Crippen LogP contribution in [0.2, 0.25) is 0 Å². The second-order valence-electron chi connectivity index (χ2n) is 6.52. The summed E-state index contributed by atoms with van der Waals surface area (Å²) in [5.41, 5.74) is 0.800. The first kappa shape index (κ1) is 16.7.